The first-order chi connectivity index (χ1) is 14.4. The van der Waals surface area contributed by atoms with Crippen molar-refractivity contribution in [1.29, 1.82) is 0 Å². The highest BCUT2D eigenvalue weighted by molar-refractivity contribution is 6.39. The maximum atomic E-state index is 12.5. The molecule has 2 N–H and O–H groups in total. The monoisotopic (exact) mass is 410 g/mol. The zero-order valence-electron chi connectivity index (χ0n) is 16.2. The van der Waals surface area contributed by atoms with Gasteiger partial charge in [-0.3, -0.25) is 24.5 Å². The van der Waals surface area contributed by atoms with Crippen LogP contribution in [0, 0.1) is 16.0 Å². The summed E-state index contributed by atoms with van der Waals surface area (Å²) in [6, 6.07) is 14.3. The van der Waals surface area contributed by atoms with E-state index in [-0.39, 0.29) is 17.5 Å². The number of benzene rings is 2. The smallest absolute Gasteiger partial charge is 0.313 e. The molecule has 2 aromatic rings. The predicted molar refractivity (Wildman–Crippen MR) is 110 cm³/mol. The number of piperidine rings is 1. The van der Waals surface area contributed by atoms with Crippen LogP contribution in [-0.2, 0) is 9.59 Å². The third kappa shape index (κ3) is 5.40. The Morgan fingerprint density at radius 2 is 1.60 bits per heavy atom. The Hall–Kier alpha value is -3.75. The van der Waals surface area contributed by atoms with Crippen molar-refractivity contribution in [3.8, 4) is 0 Å². The number of nitrogens with zero attached hydrogens (tertiary/aromatic N) is 2. The molecule has 1 heterocycles. The van der Waals surface area contributed by atoms with Crippen LogP contribution in [0.2, 0.25) is 0 Å². The van der Waals surface area contributed by atoms with Gasteiger partial charge in [0.25, 0.3) is 11.6 Å². The molecule has 1 saturated heterocycles. The third-order valence-electron chi connectivity index (χ3n) is 5.02. The number of nitrogens with one attached hydrogen (secondary N) is 2. The molecule has 2 aromatic carbocycles. The molecule has 1 aliphatic heterocycles. The van der Waals surface area contributed by atoms with Gasteiger partial charge < -0.3 is 15.5 Å². The number of carbonyl (C=O) groups excluding carboxylic acids is 3. The molecule has 0 saturated carbocycles. The van der Waals surface area contributed by atoms with Gasteiger partial charge in [-0.05, 0) is 43.0 Å². The Balaban J connectivity index is 1.43. The summed E-state index contributed by atoms with van der Waals surface area (Å²) in [7, 11) is 0. The molecule has 0 radical (unpaired) electrons. The number of amides is 3. The number of non-ortho nitro benzene ring substituents is 1. The Kier molecular flexibility index (Phi) is 6.74. The zero-order valence-corrected chi connectivity index (χ0v) is 16.2. The number of nitro benzene ring substituents is 1. The fourth-order valence-corrected chi connectivity index (χ4v) is 3.28. The molecule has 1 fully saturated rings. The van der Waals surface area contributed by atoms with Crippen molar-refractivity contribution in [2.24, 2.45) is 5.92 Å². The van der Waals surface area contributed by atoms with Crippen molar-refractivity contribution in [2.75, 3.05) is 25.0 Å². The van der Waals surface area contributed by atoms with Crippen molar-refractivity contribution in [3.05, 3.63) is 70.3 Å². The number of likely N-dealkylation sites (tertiary alicyclic amines) is 1. The molecule has 0 spiro atoms. The maximum absolute atomic E-state index is 12.5. The number of hydrogen-bond acceptors (Lipinski definition) is 5. The van der Waals surface area contributed by atoms with E-state index in [2.05, 4.69) is 10.6 Å². The van der Waals surface area contributed by atoms with Gasteiger partial charge in [0.1, 0.15) is 0 Å². The lowest BCUT2D eigenvalue weighted by atomic mass is 9.96. The van der Waals surface area contributed by atoms with E-state index < -0.39 is 16.7 Å². The van der Waals surface area contributed by atoms with Gasteiger partial charge in [0.15, 0.2) is 0 Å². The highest BCUT2D eigenvalue weighted by Crippen LogP contribution is 2.20. The number of nitro groups is 1. The average molecular weight is 410 g/mol. The van der Waals surface area contributed by atoms with Crippen LogP contribution in [0.4, 0.5) is 11.4 Å². The minimum absolute atomic E-state index is 0.0581. The van der Waals surface area contributed by atoms with Crippen LogP contribution in [0.1, 0.15) is 23.2 Å². The van der Waals surface area contributed by atoms with Gasteiger partial charge in [0.05, 0.1) is 4.92 Å². The van der Waals surface area contributed by atoms with E-state index in [1.54, 1.807) is 29.2 Å². The van der Waals surface area contributed by atoms with Crippen LogP contribution < -0.4 is 10.6 Å². The van der Waals surface area contributed by atoms with Gasteiger partial charge in [-0.1, -0.05) is 18.2 Å². The van der Waals surface area contributed by atoms with Crippen molar-refractivity contribution < 1.29 is 19.3 Å². The summed E-state index contributed by atoms with van der Waals surface area (Å²) in [5, 5.41) is 15.9. The SMILES string of the molecule is O=C(NCC1CCN(C(=O)c2ccc([N+](=O)[O-])cc2)CC1)C(=O)Nc1ccccc1. The standard InChI is InChI=1S/C21H22N4O5/c26-19(20(27)23-17-4-2-1-3-5-17)22-14-15-10-12-24(13-11-15)21(28)16-6-8-18(9-7-16)25(29)30/h1-9,15H,10-14H2,(H,22,26)(H,23,27). The summed E-state index contributed by atoms with van der Waals surface area (Å²) >= 11 is 0. The van der Waals surface area contributed by atoms with Crippen molar-refractivity contribution in [3.63, 3.8) is 0 Å². The molecule has 0 aromatic heterocycles. The Labute approximate surface area is 173 Å². The molecule has 156 valence electrons. The third-order valence-corrected chi connectivity index (χ3v) is 5.02. The number of carbonyl (C=O) groups is 3. The highest BCUT2D eigenvalue weighted by Gasteiger charge is 2.25. The summed E-state index contributed by atoms with van der Waals surface area (Å²) in [5.74, 6) is -1.41. The van der Waals surface area contributed by atoms with E-state index in [0.29, 0.717) is 43.7 Å². The van der Waals surface area contributed by atoms with E-state index in [1.807, 2.05) is 6.07 Å². The highest BCUT2D eigenvalue weighted by atomic mass is 16.6. The van der Waals surface area contributed by atoms with Gasteiger partial charge in [-0.25, -0.2) is 0 Å². The molecular formula is C21H22N4O5. The van der Waals surface area contributed by atoms with Crippen LogP contribution in [0.5, 0.6) is 0 Å². The second-order valence-corrected chi connectivity index (χ2v) is 7.07. The van der Waals surface area contributed by atoms with E-state index >= 15 is 0 Å². The summed E-state index contributed by atoms with van der Waals surface area (Å²) in [6.45, 7) is 1.40. The van der Waals surface area contributed by atoms with Crippen LogP contribution in [0.15, 0.2) is 54.6 Å². The lowest BCUT2D eigenvalue weighted by molar-refractivity contribution is -0.384. The Morgan fingerprint density at radius 1 is 0.967 bits per heavy atom. The minimum Gasteiger partial charge on any atom is -0.348 e. The first-order valence-electron chi connectivity index (χ1n) is 9.62. The van der Waals surface area contributed by atoms with Crippen LogP contribution in [0.25, 0.3) is 0 Å². The summed E-state index contributed by atoms with van der Waals surface area (Å²) in [4.78, 5) is 48.4. The van der Waals surface area contributed by atoms with E-state index in [1.165, 1.54) is 24.3 Å². The van der Waals surface area contributed by atoms with Gasteiger partial charge in [-0.15, -0.1) is 0 Å². The first-order valence-corrected chi connectivity index (χ1v) is 9.62. The van der Waals surface area contributed by atoms with Crippen molar-refractivity contribution in [1.82, 2.24) is 10.2 Å². The first kappa shape index (κ1) is 21.0. The zero-order chi connectivity index (χ0) is 21.5. The van der Waals surface area contributed by atoms with E-state index in [4.69, 9.17) is 0 Å². The fraction of sp³-hybridized carbons (Fsp3) is 0.286. The van der Waals surface area contributed by atoms with Crippen LogP contribution >= 0.6 is 0 Å². The molecule has 0 atom stereocenters. The quantitative estimate of drug-likeness (QED) is 0.445. The number of hydrogen-bond donors (Lipinski definition) is 2. The molecule has 0 unspecified atom stereocenters. The van der Waals surface area contributed by atoms with Gasteiger partial charge in [-0.2, -0.15) is 0 Å². The van der Waals surface area contributed by atoms with Crippen LogP contribution in [-0.4, -0.2) is 47.2 Å². The van der Waals surface area contributed by atoms with Gasteiger partial charge >= 0.3 is 11.8 Å². The second-order valence-electron chi connectivity index (χ2n) is 7.07. The molecule has 9 nitrogen and oxygen atoms in total. The fourth-order valence-electron chi connectivity index (χ4n) is 3.28. The molecule has 0 aliphatic carbocycles. The number of para-hydroxylation sites is 1. The van der Waals surface area contributed by atoms with Crippen molar-refractivity contribution >= 4 is 29.1 Å². The van der Waals surface area contributed by atoms with Crippen molar-refractivity contribution in [2.45, 2.75) is 12.8 Å². The van der Waals surface area contributed by atoms with E-state index in [9.17, 15) is 24.5 Å². The predicted octanol–water partition coefficient (Wildman–Crippen LogP) is 2.20. The second kappa shape index (κ2) is 9.64. The molecule has 30 heavy (non-hydrogen) atoms. The topological polar surface area (TPSA) is 122 Å². The summed E-state index contributed by atoms with van der Waals surface area (Å²) < 4.78 is 0. The molecule has 3 rings (SSSR count). The average Bonchev–Trinajstić information content (AvgIpc) is 2.78. The molecule has 3 amide bonds. The normalized spacial score (nSPS) is 14.1. The molecule has 9 heteroatoms. The van der Waals surface area contributed by atoms with Crippen LogP contribution in [0.3, 0.4) is 0 Å². The number of rotatable bonds is 5. The lowest BCUT2D eigenvalue weighted by Crippen LogP contribution is -2.43. The molecule has 0 bridgehead atoms. The Bertz CT molecular complexity index is 922. The van der Waals surface area contributed by atoms with Gasteiger partial charge in [0, 0.05) is 43.0 Å². The Morgan fingerprint density at radius 3 is 2.20 bits per heavy atom. The molecular weight excluding hydrogens is 388 g/mol. The van der Waals surface area contributed by atoms with E-state index in [0.717, 1.165) is 0 Å². The van der Waals surface area contributed by atoms with Gasteiger partial charge in [0.2, 0.25) is 0 Å². The minimum atomic E-state index is -0.716. The number of anilines is 1. The summed E-state index contributed by atoms with van der Waals surface area (Å²) in [5.41, 5.74) is 0.901. The maximum Gasteiger partial charge on any atom is 0.313 e. The molecule has 1 aliphatic rings. The lowest BCUT2D eigenvalue weighted by Gasteiger charge is -2.32. The largest absolute Gasteiger partial charge is 0.348 e. The summed E-state index contributed by atoms with van der Waals surface area (Å²) in [6.07, 6.45) is 1.39.